The van der Waals surface area contributed by atoms with Crippen molar-refractivity contribution in [2.45, 2.75) is 20.8 Å². The summed E-state index contributed by atoms with van der Waals surface area (Å²) in [5, 5.41) is 3.64. The van der Waals surface area contributed by atoms with Gasteiger partial charge in [0.05, 0.1) is 0 Å². The number of hydrogen-bond donors (Lipinski definition) is 1. The van der Waals surface area contributed by atoms with Gasteiger partial charge in [-0.3, -0.25) is 9.51 Å². The Kier molecular flexibility index (Phi) is 3.44. The maximum absolute atomic E-state index is 10.8. The van der Waals surface area contributed by atoms with Crippen molar-refractivity contribution < 1.29 is 4.52 Å². The molecule has 1 heterocycles. The van der Waals surface area contributed by atoms with Gasteiger partial charge in [0.2, 0.25) is 0 Å². The summed E-state index contributed by atoms with van der Waals surface area (Å²) in [6.07, 6.45) is 3.78. The Morgan fingerprint density at radius 2 is 2.13 bits per heavy atom. The van der Waals surface area contributed by atoms with Gasteiger partial charge in [0.25, 0.3) is 0 Å². The number of hydrogen-bond acceptors (Lipinski definition) is 3. The summed E-state index contributed by atoms with van der Waals surface area (Å²) in [5.41, 5.74) is 2.67. The Hall–Kier alpha value is -1.84. The number of aromatic amines is 1. The lowest BCUT2D eigenvalue weighted by atomic mass is 9.99. The molecule has 4 nitrogen and oxygen atoms in total. The van der Waals surface area contributed by atoms with Crippen LogP contribution in [0.15, 0.2) is 39.2 Å². The Morgan fingerprint density at radius 3 is 2.47 bits per heavy atom. The standard InChI is InChI=1S/C11H14N2O2/c1-5-8(7(3)4)9(6-2)10-12-11(14)15-13-10/h5-6H,3H2,1-2,4H3,(H,12,13,14)/b8-5-,9-6+. The summed E-state index contributed by atoms with van der Waals surface area (Å²) < 4.78 is 4.46. The largest absolute Gasteiger partial charge is 0.439 e. The van der Waals surface area contributed by atoms with Crippen molar-refractivity contribution in [2.24, 2.45) is 0 Å². The predicted octanol–water partition coefficient (Wildman–Crippen LogP) is 2.29. The van der Waals surface area contributed by atoms with Crippen molar-refractivity contribution in [1.29, 1.82) is 0 Å². The third-order valence-electron chi connectivity index (χ3n) is 2.02. The highest BCUT2D eigenvalue weighted by molar-refractivity contribution is 5.79. The topological polar surface area (TPSA) is 58.9 Å². The summed E-state index contributed by atoms with van der Waals surface area (Å²) in [4.78, 5) is 13.4. The fraction of sp³-hybridized carbons (Fsp3) is 0.273. The van der Waals surface area contributed by atoms with E-state index in [0.29, 0.717) is 5.82 Å². The molecule has 0 fully saturated rings. The highest BCUT2D eigenvalue weighted by atomic mass is 16.5. The minimum Gasteiger partial charge on any atom is -0.296 e. The van der Waals surface area contributed by atoms with Crippen LogP contribution in [-0.4, -0.2) is 10.1 Å². The molecule has 0 aliphatic carbocycles. The van der Waals surface area contributed by atoms with E-state index in [4.69, 9.17) is 0 Å². The Morgan fingerprint density at radius 1 is 1.47 bits per heavy atom. The van der Waals surface area contributed by atoms with Gasteiger partial charge >= 0.3 is 5.76 Å². The van der Waals surface area contributed by atoms with Crippen LogP contribution in [0.1, 0.15) is 26.6 Å². The third kappa shape index (κ3) is 2.34. The van der Waals surface area contributed by atoms with Gasteiger partial charge in [-0.1, -0.05) is 29.5 Å². The van der Waals surface area contributed by atoms with Gasteiger partial charge in [-0.2, -0.15) is 0 Å². The number of rotatable bonds is 3. The Bertz CT molecular complexity index is 475. The molecule has 1 aromatic rings. The number of H-pyrrole nitrogens is 1. The zero-order valence-electron chi connectivity index (χ0n) is 9.13. The molecule has 0 aliphatic rings. The van der Waals surface area contributed by atoms with Crippen LogP contribution < -0.4 is 5.76 Å². The van der Waals surface area contributed by atoms with E-state index in [0.717, 1.165) is 16.7 Å². The maximum Gasteiger partial charge on any atom is 0.439 e. The molecule has 0 aromatic carbocycles. The molecule has 15 heavy (non-hydrogen) atoms. The quantitative estimate of drug-likeness (QED) is 0.772. The molecule has 1 N–H and O–H groups in total. The number of nitrogens with zero attached hydrogens (tertiary/aromatic N) is 1. The lowest BCUT2D eigenvalue weighted by Gasteiger charge is -2.07. The second kappa shape index (κ2) is 4.59. The van der Waals surface area contributed by atoms with Crippen LogP contribution in [0.5, 0.6) is 0 Å². The van der Waals surface area contributed by atoms with Crippen molar-refractivity contribution in [2.75, 3.05) is 0 Å². The third-order valence-corrected chi connectivity index (χ3v) is 2.02. The molecule has 0 radical (unpaired) electrons. The van der Waals surface area contributed by atoms with Crippen molar-refractivity contribution in [1.82, 2.24) is 10.1 Å². The highest BCUT2D eigenvalue weighted by Crippen LogP contribution is 2.24. The Labute approximate surface area is 88.0 Å². The molecule has 0 saturated carbocycles. The number of nitrogens with one attached hydrogen (secondary N) is 1. The minimum absolute atomic E-state index is 0.429. The van der Waals surface area contributed by atoms with Crippen molar-refractivity contribution in [3.05, 3.63) is 46.3 Å². The van der Waals surface area contributed by atoms with Crippen molar-refractivity contribution >= 4 is 5.57 Å². The Balaban J connectivity index is 3.22. The normalized spacial score (nSPS) is 13.0. The van der Waals surface area contributed by atoms with E-state index < -0.39 is 5.76 Å². The molecular weight excluding hydrogens is 192 g/mol. The van der Waals surface area contributed by atoms with Gasteiger partial charge in [-0.25, -0.2) is 4.79 Å². The van der Waals surface area contributed by atoms with Gasteiger partial charge in [0.15, 0.2) is 5.82 Å². The smallest absolute Gasteiger partial charge is 0.296 e. The molecule has 80 valence electrons. The van der Waals surface area contributed by atoms with Gasteiger partial charge in [-0.15, -0.1) is 0 Å². The van der Waals surface area contributed by atoms with Crippen LogP contribution in [0.3, 0.4) is 0 Å². The lowest BCUT2D eigenvalue weighted by Crippen LogP contribution is -1.98. The molecule has 0 saturated heterocycles. The van der Waals surface area contributed by atoms with Crippen molar-refractivity contribution in [3.63, 3.8) is 0 Å². The van der Waals surface area contributed by atoms with E-state index in [-0.39, 0.29) is 0 Å². The fourth-order valence-corrected chi connectivity index (χ4v) is 1.40. The molecule has 0 bridgehead atoms. The van der Waals surface area contributed by atoms with E-state index in [2.05, 4.69) is 21.2 Å². The summed E-state index contributed by atoms with van der Waals surface area (Å²) in [7, 11) is 0. The molecular formula is C11H14N2O2. The second-order valence-corrected chi connectivity index (χ2v) is 3.13. The van der Waals surface area contributed by atoms with E-state index in [9.17, 15) is 4.79 Å². The minimum atomic E-state index is -0.554. The summed E-state index contributed by atoms with van der Waals surface area (Å²) in [6.45, 7) is 9.55. The number of allylic oxidation sites excluding steroid dienone is 5. The molecule has 1 rings (SSSR count). The maximum atomic E-state index is 10.8. The number of aromatic nitrogens is 2. The van der Waals surface area contributed by atoms with Crippen LogP contribution in [0.25, 0.3) is 5.57 Å². The summed E-state index contributed by atoms with van der Waals surface area (Å²) in [5.74, 6) is -0.125. The summed E-state index contributed by atoms with van der Waals surface area (Å²) in [6, 6.07) is 0. The molecule has 0 atom stereocenters. The van der Waals surface area contributed by atoms with E-state index in [1.165, 1.54) is 0 Å². The molecule has 0 unspecified atom stereocenters. The predicted molar refractivity (Wildman–Crippen MR) is 59.3 cm³/mol. The first-order chi connectivity index (χ1) is 7.10. The first kappa shape index (κ1) is 11.2. The molecule has 4 heteroatoms. The zero-order valence-corrected chi connectivity index (χ0v) is 9.13. The monoisotopic (exact) mass is 206 g/mol. The summed E-state index contributed by atoms with van der Waals surface area (Å²) >= 11 is 0. The van der Waals surface area contributed by atoms with Crippen LogP contribution in [0, 0.1) is 0 Å². The lowest BCUT2D eigenvalue weighted by molar-refractivity contribution is 0.385. The average Bonchev–Trinajstić information content (AvgIpc) is 2.60. The first-order valence-corrected chi connectivity index (χ1v) is 4.65. The molecule has 0 aliphatic heterocycles. The molecule has 1 aromatic heterocycles. The second-order valence-electron chi connectivity index (χ2n) is 3.13. The van der Waals surface area contributed by atoms with Crippen LogP contribution in [0.2, 0.25) is 0 Å². The van der Waals surface area contributed by atoms with E-state index in [1.54, 1.807) is 0 Å². The zero-order chi connectivity index (χ0) is 11.4. The van der Waals surface area contributed by atoms with Gasteiger partial charge in [0.1, 0.15) is 0 Å². The highest BCUT2D eigenvalue weighted by Gasteiger charge is 2.11. The van der Waals surface area contributed by atoms with E-state index >= 15 is 0 Å². The van der Waals surface area contributed by atoms with Crippen LogP contribution in [0.4, 0.5) is 0 Å². The first-order valence-electron chi connectivity index (χ1n) is 4.65. The molecule has 0 amide bonds. The fourth-order valence-electron chi connectivity index (χ4n) is 1.40. The van der Waals surface area contributed by atoms with Crippen LogP contribution in [-0.2, 0) is 0 Å². The van der Waals surface area contributed by atoms with Gasteiger partial charge in [0, 0.05) is 5.57 Å². The SMILES string of the molecule is C=C(C)C(=C/C)/C(=C\C)c1noc(=O)[nH]1. The van der Waals surface area contributed by atoms with Crippen LogP contribution >= 0.6 is 0 Å². The van der Waals surface area contributed by atoms with Crippen molar-refractivity contribution in [3.8, 4) is 0 Å². The van der Waals surface area contributed by atoms with E-state index in [1.807, 2.05) is 32.9 Å². The average molecular weight is 206 g/mol. The molecule has 0 spiro atoms. The van der Waals surface area contributed by atoms with Gasteiger partial charge < -0.3 is 0 Å². The van der Waals surface area contributed by atoms with Gasteiger partial charge in [-0.05, 0) is 26.3 Å².